The SMILES string of the molecule is O=C(Nc1ccccc1F)[C@H]1CCCCN1S(=O)(=O)c1cccs1. The standard InChI is InChI=1S/C16H17FN2O3S2/c17-12-6-1-2-7-13(12)18-16(20)14-8-3-4-10-19(14)24(21,22)15-9-5-11-23-15/h1-2,5-7,9,11,14H,3-4,8,10H2,(H,18,20)/t14-/m1/s1. The minimum atomic E-state index is -3.72. The van der Waals surface area contributed by atoms with Gasteiger partial charge in [-0.15, -0.1) is 11.3 Å². The molecule has 1 aromatic heterocycles. The number of nitrogens with one attached hydrogen (secondary N) is 1. The Labute approximate surface area is 144 Å². The number of benzene rings is 1. The predicted octanol–water partition coefficient (Wildman–Crippen LogP) is 3.07. The lowest BCUT2D eigenvalue weighted by atomic mass is 10.0. The number of rotatable bonds is 4. The van der Waals surface area contributed by atoms with Crippen molar-refractivity contribution in [2.75, 3.05) is 11.9 Å². The maximum Gasteiger partial charge on any atom is 0.253 e. The molecule has 1 aromatic carbocycles. The molecule has 0 spiro atoms. The Bertz CT molecular complexity index is 822. The number of nitrogens with zero attached hydrogens (tertiary/aromatic N) is 1. The van der Waals surface area contributed by atoms with E-state index in [-0.39, 0.29) is 16.4 Å². The highest BCUT2D eigenvalue weighted by atomic mass is 32.2. The quantitative estimate of drug-likeness (QED) is 0.902. The molecule has 1 atom stereocenters. The number of carbonyl (C=O) groups is 1. The summed E-state index contributed by atoms with van der Waals surface area (Å²) in [4.78, 5) is 12.6. The molecule has 1 N–H and O–H groups in total. The molecule has 1 aliphatic rings. The zero-order valence-electron chi connectivity index (χ0n) is 12.8. The molecule has 1 amide bonds. The number of piperidine rings is 1. The average Bonchev–Trinajstić information content (AvgIpc) is 3.12. The summed E-state index contributed by atoms with van der Waals surface area (Å²) < 4.78 is 40.7. The number of halogens is 1. The van der Waals surface area contributed by atoms with Crippen LogP contribution in [-0.4, -0.2) is 31.2 Å². The minimum absolute atomic E-state index is 0.0570. The summed E-state index contributed by atoms with van der Waals surface area (Å²) >= 11 is 1.12. The molecule has 1 aliphatic heterocycles. The van der Waals surface area contributed by atoms with Crippen LogP contribution in [-0.2, 0) is 14.8 Å². The lowest BCUT2D eigenvalue weighted by Crippen LogP contribution is -2.49. The molecular weight excluding hydrogens is 351 g/mol. The number of anilines is 1. The van der Waals surface area contributed by atoms with Crippen LogP contribution in [0.1, 0.15) is 19.3 Å². The summed E-state index contributed by atoms with van der Waals surface area (Å²) in [6, 6.07) is 8.20. The van der Waals surface area contributed by atoms with Gasteiger partial charge in [-0.2, -0.15) is 4.31 Å². The molecule has 24 heavy (non-hydrogen) atoms. The van der Waals surface area contributed by atoms with Crippen LogP contribution in [0.25, 0.3) is 0 Å². The van der Waals surface area contributed by atoms with Gasteiger partial charge in [0.25, 0.3) is 10.0 Å². The van der Waals surface area contributed by atoms with Gasteiger partial charge in [-0.3, -0.25) is 4.79 Å². The first-order valence-electron chi connectivity index (χ1n) is 7.61. The third-order valence-electron chi connectivity index (χ3n) is 3.95. The molecule has 8 heteroatoms. The van der Waals surface area contributed by atoms with Gasteiger partial charge in [-0.1, -0.05) is 24.6 Å². The Kier molecular flexibility index (Phi) is 4.98. The van der Waals surface area contributed by atoms with Crippen LogP contribution in [0.15, 0.2) is 46.0 Å². The first-order valence-corrected chi connectivity index (χ1v) is 9.93. The number of carbonyl (C=O) groups excluding carboxylic acids is 1. The van der Waals surface area contributed by atoms with E-state index in [1.807, 2.05) is 0 Å². The summed E-state index contributed by atoms with van der Waals surface area (Å²) in [5.74, 6) is -1.05. The number of amides is 1. The fourth-order valence-corrected chi connectivity index (χ4v) is 5.54. The largest absolute Gasteiger partial charge is 0.322 e. The molecule has 128 valence electrons. The van der Waals surface area contributed by atoms with Crippen molar-refractivity contribution in [3.05, 3.63) is 47.6 Å². The van der Waals surface area contributed by atoms with Gasteiger partial charge < -0.3 is 5.32 Å². The number of hydrogen-bond acceptors (Lipinski definition) is 4. The molecule has 3 rings (SSSR count). The molecule has 1 fully saturated rings. The minimum Gasteiger partial charge on any atom is -0.322 e. The molecule has 0 saturated carbocycles. The summed E-state index contributed by atoms with van der Waals surface area (Å²) in [5, 5.41) is 4.20. The summed E-state index contributed by atoms with van der Waals surface area (Å²) in [5.41, 5.74) is 0.0570. The van der Waals surface area contributed by atoms with E-state index in [2.05, 4.69) is 5.32 Å². The molecule has 0 aliphatic carbocycles. The van der Waals surface area contributed by atoms with E-state index in [1.54, 1.807) is 17.5 Å². The average molecular weight is 368 g/mol. The van der Waals surface area contributed by atoms with E-state index < -0.39 is 27.8 Å². The lowest BCUT2D eigenvalue weighted by Gasteiger charge is -2.33. The van der Waals surface area contributed by atoms with Gasteiger partial charge >= 0.3 is 0 Å². The monoisotopic (exact) mass is 368 g/mol. The summed E-state index contributed by atoms with van der Waals surface area (Å²) in [6.07, 6.45) is 1.88. The number of para-hydroxylation sites is 1. The van der Waals surface area contributed by atoms with Crippen LogP contribution in [0.5, 0.6) is 0 Å². The molecule has 0 radical (unpaired) electrons. The molecular formula is C16H17FN2O3S2. The Morgan fingerprint density at radius 2 is 2.00 bits per heavy atom. The fraction of sp³-hybridized carbons (Fsp3) is 0.312. The molecule has 5 nitrogen and oxygen atoms in total. The van der Waals surface area contributed by atoms with Gasteiger partial charge in [0.2, 0.25) is 5.91 Å². The van der Waals surface area contributed by atoms with Crippen molar-refractivity contribution in [2.24, 2.45) is 0 Å². The number of hydrogen-bond donors (Lipinski definition) is 1. The van der Waals surface area contributed by atoms with Gasteiger partial charge in [-0.05, 0) is 36.4 Å². The van der Waals surface area contributed by atoms with Gasteiger partial charge in [0.05, 0.1) is 5.69 Å². The molecule has 2 aromatic rings. The molecule has 1 saturated heterocycles. The van der Waals surface area contributed by atoms with Gasteiger partial charge in [0, 0.05) is 6.54 Å². The summed E-state index contributed by atoms with van der Waals surface area (Å²) in [7, 11) is -3.72. The van der Waals surface area contributed by atoms with Gasteiger partial charge in [0.15, 0.2) is 0 Å². The zero-order chi connectivity index (χ0) is 17.2. The maximum atomic E-state index is 13.7. The predicted molar refractivity (Wildman–Crippen MR) is 90.9 cm³/mol. The highest BCUT2D eigenvalue weighted by Gasteiger charge is 2.38. The van der Waals surface area contributed by atoms with Crippen molar-refractivity contribution < 1.29 is 17.6 Å². The third-order valence-corrected chi connectivity index (χ3v) is 7.23. The van der Waals surface area contributed by atoms with E-state index in [0.717, 1.165) is 17.8 Å². The maximum absolute atomic E-state index is 13.7. The summed E-state index contributed by atoms with van der Waals surface area (Å²) in [6.45, 7) is 0.287. The smallest absolute Gasteiger partial charge is 0.253 e. The van der Waals surface area contributed by atoms with E-state index in [0.29, 0.717) is 12.8 Å². The highest BCUT2D eigenvalue weighted by molar-refractivity contribution is 7.91. The highest BCUT2D eigenvalue weighted by Crippen LogP contribution is 2.28. The van der Waals surface area contributed by atoms with Crippen LogP contribution in [0.3, 0.4) is 0 Å². The Hall–Kier alpha value is -1.77. The van der Waals surface area contributed by atoms with Crippen molar-refractivity contribution in [3.8, 4) is 0 Å². The number of sulfonamides is 1. The van der Waals surface area contributed by atoms with E-state index in [4.69, 9.17) is 0 Å². The Balaban J connectivity index is 1.85. The second-order valence-corrected chi connectivity index (χ2v) is 8.59. The fourth-order valence-electron chi connectivity index (χ4n) is 2.76. The van der Waals surface area contributed by atoms with Crippen molar-refractivity contribution >= 4 is 33.0 Å². The van der Waals surface area contributed by atoms with Crippen molar-refractivity contribution in [1.82, 2.24) is 4.31 Å². The zero-order valence-corrected chi connectivity index (χ0v) is 14.4. The Morgan fingerprint density at radius 1 is 1.21 bits per heavy atom. The second kappa shape index (κ2) is 7.00. The van der Waals surface area contributed by atoms with Gasteiger partial charge in [0.1, 0.15) is 16.1 Å². The van der Waals surface area contributed by atoms with Crippen molar-refractivity contribution in [1.29, 1.82) is 0 Å². The third kappa shape index (κ3) is 3.35. The lowest BCUT2D eigenvalue weighted by molar-refractivity contribution is -0.120. The molecule has 2 heterocycles. The van der Waals surface area contributed by atoms with Crippen LogP contribution in [0, 0.1) is 5.82 Å². The van der Waals surface area contributed by atoms with E-state index in [9.17, 15) is 17.6 Å². The number of thiophene rings is 1. The van der Waals surface area contributed by atoms with Crippen LogP contribution in [0.2, 0.25) is 0 Å². The van der Waals surface area contributed by atoms with Crippen LogP contribution in [0.4, 0.5) is 10.1 Å². The topological polar surface area (TPSA) is 66.5 Å². The van der Waals surface area contributed by atoms with Crippen LogP contribution >= 0.6 is 11.3 Å². The van der Waals surface area contributed by atoms with Crippen molar-refractivity contribution in [2.45, 2.75) is 29.5 Å². The first kappa shape index (κ1) is 17.1. The van der Waals surface area contributed by atoms with Crippen LogP contribution < -0.4 is 5.32 Å². The Morgan fingerprint density at radius 3 is 2.71 bits per heavy atom. The van der Waals surface area contributed by atoms with Crippen molar-refractivity contribution in [3.63, 3.8) is 0 Å². The van der Waals surface area contributed by atoms with E-state index >= 15 is 0 Å². The normalized spacial score (nSPS) is 19.1. The van der Waals surface area contributed by atoms with E-state index in [1.165, 1.54) is 28.6 Å². The second-order valence-electron chi connectivity index (χ2n) is 5.53. The molecule has 0 unspecified atom stereocenters. The van der Waals surface area contributed by atoms with Gasteiger partial charge in [-0.25, -0.2) is 12.8 Å². The molecule has 0 bridgehead atoms. The first-order chi connectivity index (χ1) is 11.5.